The minimum absolute atomic E-state index is 0.00114. The maximum Gasteiger partial charge on any atom is 0.273 e. The maximum absolute atomic E-state index is 12.7. The fourth-order valence-corrected chi connectivity index (χ4v) is 4.13. The first-order valence-corrected chi connectivity index (χ1v) is 11.0. The summed E-state index contributed by atoms with van der Waals surface area (Å²) >= 11 is 0. The Balaban J connectivity index is 1.22. The zero-order valence-electron chi connectivity index (χ0n) is 17.9. The molecule has 1 aliphatic carbocycles. The van der Waals surface area contributed by atoms with Gasteiger partial charge in [-0.05, 0) is 56.0 Å². The second-order valence-corrected chi connectivity index (χ2v) is 8.08. The summed E-state index contributed by atoms with van der Waals surface area (Å²) in [7, 11) is 0. The normalized spacial score (nSPS) is 18.1. The number of nitrogens with zero attached hydrogens (tertiary/aromatic N) is 6. The SMILES string of the molecule is O=C(NC1CCC(n2nc(-c3cccnc3)ccc2=O)CC1)c1cnn(-c2ccccc2)n1. The van der Waals surface area contributed by atoms with Crippen LogP contribution in [0.25, 0.3) is 16.9 Å². The van der Waals surface area contributed by atoms with Gasteiger partial charge < -0.3 is 5.32 Å². The summed E-state index contributed by atoms with van der Waals surface area (Å²) in [6, 6.07) is 16.5. The van der Waals surface area contributed by atoms with Crippen molar-refractivity contribution in [2.75, 3.05) is 0 Å². The Morgan fingerprint density at radius 3 is 2.48 bits per heavy atom. The average molecular weight is 441 g/mol. The van der Waals surface area contributed by atoms with Crippen LogP contribution in [-0.2, 0) is 0 Å². The van der Waals surface area contributed by atoms with E-state index >= 15 is 0 Å². The highest BCUT2D eigenvalue weighted by Gasteiger charge is 2.26. The molecule has 5 rings (SSSR count). The van der Waals surface area contributed by atoms with Gasteiger partial charge in [0.25, 0.3) is 11.5 Å². The molecule has 9 heteroatoms. The van der Waals surface area contributed by atoms with Gasteiger partial charge in [-0.25, -0.2) is 4.68 Å². The van der Waals surface area contributed by atoms with Crippen molar-refractivity contribution >= 4 is 5.91 Å². The molecule has 4 aromatic rings. The van der Waals surface area contributed by atoms with Crippen LogP contribution < -0.4 is 10.9 Å². The molecule has 0 aliphatic heterocycles. The number of benzene rings is 1. The van der Waals surface area contributed by atoms with Crippen LogP contribution in [0.15, 0.2) is 78.0 Å². The van der Waals surface area contributed by atoms with Gasteiger partial charge >= 0.3 is 0 Å². The lowest BCUT2D eigenvalue weighted by Gasteiger charge is -2.29. The van der Waals surface area contributed by atoms with Crippen molar-refractivity contribution in [1.82, 2.24) is 35.1 Å². The molecule has 0 bridgehead atoms. The van der Waals surface area contributed by atoms with E-state index < -0.39 is 0 Å². The fraction of sp³-hybridized carbons (Fsp3) is 0.250. The summed E-state index contributed by atoms with van der Waals surface area (Å²) in [6.45, 7) is 0. The molecule has 1 aromatic carbocycles. The predicted molar refractivity (Wildman–Crippen MR) is 122 cm³/mol. The number of aromatic nitrogens is 6. The molecule has 166 valence electrons. The lowest BCUT2D eigenvalue weighted by molar-refractivity contribution is 0.0916. The third kappa shape index (κ3) is 4.57. The van der Waals surface area contributed by atoms with E-state index in [9.17, 15) is 9.59 Å². The molecule has 3 heterocycles. The number of pyridine rings is 1. The number of hydrogen-bond acceptors (Lipinski definition) is 6. The molecule has 33 heavy (non-hydrogen) atoms. The first-order valence-electron chi connectivity index (χ1n) is 11.0. The van der Waals surface area contributed by atoms with Gasteiger partial charge in [-0.15, -0.1) is 5.10 Å². The first kappa shape index (κ1) is 20.7. The van der Waals surface area contributed by atoms with Crippen molar-refractivity contribution in [3.63, 3.8) is 0 Å². The van der Waals surface area contributed by atoms with E-state index in [1.807, 2.05) is 42.5 Å². The van der Waals surface area contributed by atoms with Gasteiger partial charge in [0, 0.05) is 30.1 Å². The molecule has 1 amide bonds. The average Bonchev–Trinajstić information content (AvgIpc) is 3.37. The van der Waals surface area contributed by atoms with Gasteiger partial charge in [0.2, 0.25) is 0 Å². The van der Waals surface area contributed by atoms with Gasteiger partial charge in [0.15, 0.2) is 5.69 Å². The van der Waals surface area contributed by atoms with Gasteiger partial charge in [0.05, 0.1) is 23.6 Å². The fourth-order valence-electron chi connectivity index (χ4n) is 4.13. The first-order chi connectivity index (χ1) is 16.2. The zero-order chi connectivity index (χ0) is 22.6. The van der Waals surface area contributed by atoms with Crippen molar-refractivity contribution in [3.8, 4) is 16.9 Å². The summed E-state index contributed by atoms with van der Waals surface area (Å²) in [4.78, 5) is 30.7. The number of para-hydroxylation sites is 1. The Labute approximate surface area is 190 Å². The number of amides is 1. The van der Waals surface area contributed by atoms with Crippen LogP contribution >= 0.6 is 0 Å². The van der Waals surface area contributed by atoms with Gasteiger partial charge in [-0.1, -0.05) is 18.2 Å². The highest BCUT2D eigenvalue weighted by molar-refractivity contribution is 5.92. The standard InChI is InChI=1S/C24H23N7O2/c32-23-13-12-21(17-5-4-14-25-15-17)28-30(23)19-10-8-18(9-11-19)27-24(33)22-16-26-31(29-22)20-6-2-1-3-7-20/h1-7,12-16,18-19H,8-11H2,(H,27,33). The summed E-state index contributed by atoms with van der Waals surface area (Å²) in [5, 5.41) is 16.1. The molecule has 0 atom stereocenters. The number of carbonyl (C=O) groups is 1. The Morgan fingerprint density at radius 1 is 0.909 bits per heavy atom. The summed E-state index contributed by atoms with van der Waals surface area (Å²) in [5.41, 5.74) is 2.55. The van der Waals surface area contributed by atoms with Gasteiger partial charge in [0.1, 0.15) is 0 Å². The van der Waals surface area contributed by atoms with Crippen LogP contribution in [0.3, 0.4) is 0 Å². The highest BCUT2D eigenvalue weighted by atomic mass is 16.2. The van der Waals surface area contributed by atoms with Crippen LogP contribution in [0.4, 0.5) is 0 Å². The highest BCUT2D eigenvalue weighted by Crippen LogP contribution is 2.27. The molecule has 1 saturated carbocycles. The predicted octanol–water partition coefficient (Wildman–Crippen LogP) is 2.80. The Hall–Kier alpha value is -4.14. The molecule has 1 fully saturated rings. The van der Waals surface area contributed by atoms with Crippen molar-refractivity contribution in [1.29, 1.82) is 0 Å². The Kier molecular flexibility index (Phi) is 5.75. The van der Waals surface area contributed by atoms with E-state index in [0.29, 0.717) is 0 Å². The summed E-state index contributed by atoms with van der Waals surface area (Å²) < 4.78 is 1.58. The maximum atomic E-state index is 12.7. The quantitative estimate of drug-likeness (QED) is 0.510. The minimum Gasteiger partial charge on any atom is -0.348 e. The monoisotopic (exact) mass is 441 g/mol. The summed E-state index contributed by atoms with van der Waals surface area (Å²) in [5.74, 6) is -0.241. The Morgan fingerprint density at radius 2 is 1.73 bits per heavy atom. The Bertz CT molecular complexity index is 1290. The van der Waals surface area contributed by atoms with Crippen LogP contribution in [0.2, 0.25) is 0 Å². The van der Waals surface area contributed by atoms with E-state index in [0.717, 1.165) is 42.6 Å². The molecule has 0 unspecified atom stereocenters. The number of nitrogens with one attached hydrogen (secondary N) is 1. The minimum atomic E-state index is -0.241. The summed E-state index contributed by atoms with van der Waals surface area (Å²) in [6.07, 6.45) is 7.94. The number of hydrogen-bond donors (Lipinski definition) is 1. The lowest BCUT2D eigenvalue weighted by Crippen LogP contribution is -2.39. The smallest absolute Gasteiger partial charge is 0.273 e. The molecular formula is C24H23N7O2. The molecule has 1 N–H and O–H groups in total. The second kappa shape index (κ2) is 9.15. The van der Waals surface area contributed by atoms with Crippen LogP contribution in [0.1, 0.15) is 42.2 Å². The van der Waals surface area contributed by atoms with E-state index in [-0.39, 0.29) is 29.2 Å². The molecule has 0 radical (unpaired) electrons. The van der Waals surface area contributed by atoms with Crippen LogP contribution in [-0.4, -0.2) is 41.7 Å². The van der Waals surface area contributed by atoms with E-state index in [1.54, 1.807) is 29.2 Å². The van der Waals surface area contributed by atoms with E-state index in [4.69, 9.17) is 0 Å². The molecule has 0 saturated heterocycles. The van der Waals surface area contributed by atoms with Gasteiger partial charge in [-0.2, -0.15) is 15.0 Å². The molecule has 0 spiro atoms. The zero-order valence-corrected chi connectivity index (χ0v) is 17.9. The molecular weight excluding hydrogens is 418 g/mol. The van der Waals surface area contributed by atoms with Crippen molar-refractivity contribution < 1.29 is 4.79 Å². The number of rotatable bonds is 5. The molecule has 9 nitrogen and oxygen atoms in total. The molecule has 3 aromatic heterocycles. The van der Waals surface area contributed by atoms with Crippen molar-refractivity contribution in [3.05, 3.63) is 89.2 Å². The third-order valence-corrected chi connectivity index (χ3v) is 5.87. The molecule has 1 aliphatic rings. The second-order valence-electron chi connectivity index (χ2n) is 8.08. The van der Waals surface area contributed by atoms with E-state index in [1.165, 1.54) is 11.0 Å². The number of carbonyl (C=O) groups excluding carboxylic acids is 1. The van der Waals surface area contributed by atoms with Crippen molar-refractivity contribution in [2.45, 2.75) is 37.8 Å². The lowest BCUT2D eigenvalue weighted by atomic mass is 9.91. The van der Waals surface area contributed by atoms with Crippen LogP contribution in [0, 0.1) is 0 Å². The third-order valence-electron chi connectivity index (χ3n) is 5.87. The topological polar surface area (TPSA) is 108 Å². The van der Waals surface area contributed by atoms with Crippen molar-refractivity contribution in [2.24, 2.45) is 0 Å². The van der Waals surface area contributed by atoms with Gasteiger partial charge in [-0.3, -0.25) is 14.6 Å². The van der Waals surface area contributed by atoms with Crippen LogP contribution in [0.5, 0.6) is 0 Å². The van der Waals surface area contributed by atoms with E-state index in [2.05, 4.69) is 25.6 Å². The largest absolute Gasteiger partial charge is 0.348 e.